The van der Waals surface area contributed by atoms with Gasteiger partial charge in [0.15, 0.2) is 0 Å². The van der Waals surface area contributed by atoms with Gasteiger partial charge in [-0.3, -0.25) is 28.7 Å². The highest BCUT2D eigenvalue weighted by molar-refractivity contribution is 5.67. The lowest BCUT2D eigenvalue weighted by molar-refractivity contribution is -0.0308. The van der Waals surface area contributed by atoms with E-state index in [1.54, 1.807) is 0 Å². The second-order valence-electron chi connectivity index (χ2n) is 11.0. The van der Waals surface area contributed by atoms with Crippen LogP contribution in [0, 0.1) is 13.8 Å². The molecule has 2 aromatic rings. The van der Waals surface area contributed by atoms with E-state index in [0.29, 0.717) is 12.8 Å². The number of aromatic amines is 2. The SMILES string of the molecule is Cc1cn([C@@H]2C[C@@H](N=[N+]=[N-])[C@H](COC(=O)NCCCCNC(=O)OC[C@H]3O[C@@H](n4cc(C)c(=O)[nH]c4=O)C[C@@H]3N=[N+]=[N-])O2)c(=O)[nH]c1=O. The van der Waals surface area contributed by atoms with Gasteiger partial charge in [-0.05, 0) is 37.8 Å². The molecule has 0 radical (unpaired) electrons. The number of ether oxygens (including phenoxy) is 4. The lowest BCUT2D eigenvalue weighted by Gasteiger charge is -2.17. The number of aryl methyl sites for hydroxylation is 2. The van der Waals surface area contributed by atoms with Crippen LogP contribution in [0.2, 0.25) is 0 Å². The van der Waals surface area contributed by atoms with Crippen molar-refractivity contribution in [3.8, 4) is 0 Å². The number of alkyl carbamates (subject to hydrolysis) is 2. The molecule has 0 unspecified atom stereocenters. The van der Waals surface area contributed by atoms with Gasteiger partial charge in [-0.1, -0.05) is 10.2 Å². The lowest BCUT2D eigenvalue weighted by atomic mass is 10.1. The highest BCUT2D eigenvalue weighted by Gasteiger charge is 2.38. The van der Waals surface area contributed by atoms with E-state index >= 15 is 0 Å². The molecule has 2 amide bonds. The van der Waals surface area contributed by atoms with E-state index < -0.39 is 71.4 Å². The summed E-state index contributed by atoms with van der Waals surface area (Å²) in [6.45, 7) is 2.96. The highest BCUT2D eigenvalue weighted by Crippen LogP contribution is 2.31. The van der Waals surface area contributed by atoms with Crippen molar-refractivity contribution in [2.24, 2.45) is 10.2 Å². The van der Waals surface area contributed by atoms with Crippen LogP contribution < -0.4 is 33.1 Å². The number of aromatic nitrogens is 4. The molecule has 4 heterocycles. The van der Waals surface area contributed by atoms with Crippen molar-refractivity contribution < 1.29 is 28.5 Å². The largest absolute Gasteiger partial charge is 0.447 e. The molecule has 4 rings (SSSR count). The summed E-state index contributed by atoms with van der Waals surface area (Å²) in [7, 11) is 0. The Morgan fingerprint density at radius 3 is 1.58 bits per heavy atom. The van der Waals surface area contributed by atoms with Crippen LogP contribution in [0.5, 0.6) is 0 Å². The van der Waals surface area contributed by atoms with Crippen LogP contribution >= 0.6 is 0 Å². The van der Waals surface area contributed by atoms with Crippen molar-refractivity contribution >= 4 is 12.2 Å². The zero-order chi connectivity index (χ0) is 34.8. The van der Waals surface area contributed by atoms with E-state index in [-0.39, 0.29) is 50.3 Å². The summed E-state index contributed by atoms with van der Waals surface area (Å²) in [5.41, 5.74) is 16.0. The third-order valence-corrected chi connectivity index (χ3v) is 7.62. The zero-order valence-electron chi connectivity index (χ0n) is 25.9. The fourth-order valence-electron chi connectivity index (χ4n) is 5.10. The quantitative estimate of drug-likeness (QED) is 0.100. The molecule has 258 valence electrons. The van der Waals surface area contributed by atoms with Gasteiger partial charge in [0.1, 0.15) is 37.9 Å². The predicted octanol–water partition coefficient (Wildman–Crippen LogP) is 0.869. The van der Waals surface area contributed by atoms with Gasteiger partial charge in [-0.25, -0.2) is 19.2 Å². The number of nitrogens with zero attached hydrogens (tertiary/aromatic N) is 8. The van der Waals surface area contributed by atoms with Crippen molar-refractivity contribution in [3.63, 3.8) is 0 Å². The summed E-state index contributed by atoms with van der Waals surface area (Å²) in [5, 5.41) is 12.5. The minimum Gasteiger partial charge on any atom is -0.447 e. The van der Waals surface area contributed by atoms with E-state index in [0.717, 1.165) is 0 Å². The smallest absolute Gasteiger partial charge is 0.407 e. The maximum Gasteiger partial charge on any atom is 0.407 e. The molecule has 2 saturated heterocycles. The first-order valence-corrected chi connectivity index (χ1v) is 14.9. The van der Waals surface area contributed by atoms with Gasteiger partial charge >= 0.3 is 23.6 Å². The minimum atomic E-state index is -0.841. The number of unbranched alkanes of at least 4 members (excludes halogenated alkanes) is 1. The van der Waals surface area contributed by atoms with E-state index in [1.807, 2.05) is 0 Å². The number of hydrogen-bond donors (Lipinski definition) is 4. The Hall–Kier alpha value is -5.56. The van der Waals surface area contributed by atoms with Crippen molar-refractivity contribution in [1.29, 1.82) is 0 Å². The van der Waals surface area contributed by atoms with E-state index in [9.17, 15) is 28.8 Å². The molecule has 2 aliphatic heterocycles. The van der Waals surface area contributed by atoms with E-state index in [4.69, 9.17) is 30.0 Å². The molecule has 6 atom stereocenters. The maximum atomic E-state index is 12.2. The van der Waals surface area contributed by atoms with E-state index in [1.165, 1.54) is 35.4 Å². The molecule has 0 aromatic carbocycles. The van der Waals surface area contributed by atoms with E-state index in [2.05, 4.69) is 40.7 Å². The number of carbonyl (C=O) groups excluding carboxylic acids is 2. The Bertz CT molecular complexity index is 1690. The van der Waals surface area contributed by atoms with Crippen LogP contribution in [0.15, 0.2) is 41.8 Å². The summed E-state index contributed by atoms with van der Waals surface area (Å²) in [6, 6.07) is -1.46. The predicted molar refractivity (Wildman–Crippen MR) is 163 cm³/mol. The average Bonchev–Trinajstić information content (AvgIpc) is 3.64. The van der Waals surface area contributed by atoms with Crippen LogP contribution in [-0.2, 0) is 18.9 Å². The molecule has 2 aromatic heterocycles. The Morgan fingerprint density at radius 2 is 1.21 bits per heavy atom. The molecule has 2 aliphatic rings. The first kappa shape index (κ1) is 35.3. The molecule has 0 bridgehead atoms. The lowest BCUT2D eigenvalue weighted by Crippen LogP contribution is -2.34. The first-order valence-electron chi connectivity index (χ1n) is 14.9. The topological polar surface area (TPSA) is 302 Å². The van der Waals surface area contributed by atoms with Crippen molar-refractivity contribution in [3.05, 3.63) is 86.1 Å². The molecule has 0 aliphatic carbocycles. The molecule has 2 fully saturated rings. The van der Waals surface area contributed by atoms with Gasteiger partial charge in [0, 0.05) is 59.3 Å². The van der Waals surface area contributed by atoms with Crippen LogP contribution in [0.3, 0.4) is 0 Å². The second kappa shape index (κ2) is 16.3. The summed E-state index contributed by atoms with van der Waals surface area (Å²) < 4.78 is 24.3. The Morgan fingerprint density at radius 1 is 0.812 bits per heavy atom. The Kier molecular flexibility index (Phi) is 12.0. The molecule has 4 N–H and O–H groups in total. The van der Waals surface area contributed by atoms with Gasteiger partial charge in [-0.15, -0.1) is 0 Å². The molecule has 22 heteroatoms. The molecule has 0 spiro atoms. The van der Waals surface area contributed by atoms with Crippen molar-refractivity contribution in [2.45, 2.75) is 76.3 Å². The molecule has 22 nitrogen and oxygen atoms in total. The average molecular weight is 675 g/mol. The number of rotatable bonds is 13. The number of hydrogen-bond acceptors (Lipinski definition) is 12. The fraction of sp³-hybridized carbons (Fsp3) is 0.615. The van der Waals surface area contributed by atoms with Crippen molar-refractivity contribution in [2.75, 3.05) is 26.3 Å². The number of H-pyrrole nitrogens is 2. The third kappa shape index (κ3) is 9.04. The number of nitrogens with one attached hydrogen (secondary N) is 4. The van der Waals surface area contributed by atoms with Crippen molar-refractivity contribution in [1.82, 2.24) is 29.7 Å². The third-order valence-electron chi connectivity index (χ3n) is 7.62. The summed E-state index contributed by atoms with van der Waals surface area (Å²) >= 11 is 0. The summed E-state index contributed by atoms with van der Waals surface area (Å²) in [6.07, 6.45) is -0.987. The minimum absolute atomic E-state index is 0.126. The van der Waals surface area contributed by atoms with Gasteiger partial charge < -0.3 is 29.6 Å². The first-order chi connectivity index (χ1) is 23.0. The molecular weight excluding hydrogens is 640 g/mol. The van der Waals surface area contributed by atoms with Crippen LogP contribution in [0.1, 0.15) is 49.3 Å². The Labute approximate surface area is 269 Å². The van der Waals surface area contributed by atoms with Gasteiger partial charge in [0.25, 0.3) is 11.1 Å². The molecule has 0 saturated carbocycles. The van der Waals surface area contributed by atoms with Gasteiger partial charge in [0.2, 0.25) is 0 Å². The molecule has 48 heavy (non-hydrogen) atoms. The number of carbonyl (C=O) groups is 2. The summed E-state index contributed by atoms with van der Waals surface area (Å²) in [4.78, 5) is 82.1. The number of amides is 2. The molecular formula is C26H34N12O10. The monoisotopic (exact) mass is 674 g/mol. The Balaban J connectivity index is 1.13. The van der Waals surface area contributed by atoms with Gasteiger partial charge in [0.05, 0.1) is 12.1 Å². The second-order valence-corrected chi connectivity index (χ2v) is 11.0. The number of azide groups is 2. The normalized spacial score (nSPS) is 23.0. The highest BCUT2D eigenvalue weighted by atomic mass is 16.6. The zero-order valence-corrected chi connectivity index (χ0v) is 25.9. The van der Waals surface area contributed by atoms with Crippen LogP contribution in [-0.4, -0.2) is 81.9 Å². The summed E-state index contributed by atoms with van der Waals surface area (Å²) in [5.74, 6) is 0. The van der Waals surface area contributed by atoms with Crippen LogP contribution in [0.25, 0.3) is 20.9 Å². The maximum absolute atomic E-state index is 12.2. The standard InChI is InChI=1S/C26H34N12O10/c1-13-9-37(23(41)31-21(13)39)19-7-15(33-35-27)17(47-19)11-45-25(43)29-5-3-4-6-30-26(44)46-12-18-16(34-36-28)8-20(48-18)38-10-14(2)22(40)32-24(38)42/h9-10,15-20H,3-8,11-12H2,1-2H3,(H,29,43)(H,30,44)(H,31,39,41)(H,32,40,42)/t15-,16+,17+,18-,19+,20-. The fourth-order valence-corrected chi connectivity index (χ4v) is 5.10. The van der Waals surface area contributed by atoms with Gasteiger partial charge in [-0.2, -0.15) is 0 Å². The van der Waals surface area contributed by atoms with Crippen LogP contribution in [0.4, 0.5) is 9.59 Å².